The highest BCUT2D eigenvalue weighted by atomic mass is 14.7. The zero-order chi connectivity index (χ0) is 12.9. The molecule has 104 valence electrons. The monoisotopic (exact) mass is 249 g/mol. The number of hydrogen-bond donors (Lipinski definition) is 0. The fourth-order valence-electron chi connectivity index (χ4n) is 2.54. The second-order valence-corrected chi connectivity index (χ2v) is 5.52. The molecule has 1 nitrogen and oxygen atoms in total. The van der Waals surface area contributed by atoms with Gasteiger partial charge in [-0.1, -0.05) is 77.2 Å². The molecule has 18 heavy (non-hydrogen) atoms. The molecule has 1 rings (SSSR count). The van der Waals surface area contributed by atoms with Gasteiger partial charge in [0.25, 0.3) is 0 Å². The lowest BCUT2D eigenvalue weighted by atomic mass is 10.0. The van der Waals surface area contributed by atoms with Gasteiger partial charge in [0.15, 0.2) is 0 Å². The van der Waals surface area contributed by atoms with Crippen LogP contribution in [0.3, 0.4) is 0 Å². The van der Waals surface area contributed by atoms with E-state index in [1.807, 2.05) is 0 Å². The molecule has 0 fully saturated rings. The number of hydrogen-bond acceptors (Lipinski definition) is 1. The third-order valence-corrected chi connectivity index (χ3v) is 3.75. The Kier molecular flexibility index (Phi) is 9.88. The summed E-state index contributed by atoms with van der Waals surface area (Å²) in [4.78, 5) is 4.42. The van der Waals surface area contributed by atoms with Gasteiger partial charge in [-0.3, -0.25) is 4.99 Å². The van der Waals surface area contributed by atoms with Crippen molar-refractivity contribution in [3.05, 3.63) is 12.2 Å². The highest BCUT2D eigenvalue weighted by molar-refractivity contribution is 5.96. The van der Waals surface area contributed by atoms with E-state index < -0.39 is 0 Å². The van der Waals surface area contributed by atoms with Crippen molar-refractivity contribution in [3.63, 3.8) is 0 Å². The molecule has 0 unspecified atom stereocenters. The summed E-state index contributed by atoms with van der Waals surface area (Å²) in [5, 5.41) is 0. The Morgan fingerprint density at radius 1 is 0.833 bits per heavy atom. The van der Waals surface area contributed by atoms with Gasteiger partial charge in [-0.25, -0.2) is 0 Å². The molecule has 1 aliphatic rings. The molecule has 0 aromatic rings. The van der Waals surface area contributed by atoms with Crippen LogP contribution in [0, 0.1) is 0 Å². The minimum atomic E-state index is 0.924. The van der Waals surface area contributed by atoms with Gasteiger partial charge in [-0.15, -0.1) is 0 Å². The van der Waals surface area contributed by atoms with Crippen LogP contribution in [0.5, 0.6) is 0 Å². The van der Waals surface area contributed by atoms with Crippen LogP contribution in [0.25, 0.3) is 0 Å². The topological polar surface area (TPSA) is 12.4 Å². The fourth-order valence-corrected chi connectivity index (χ4v) is 2.54. The second kappa shape index (κ2) is 11.5. The van der Waals surface area contributed by atoms with Gasteiger partial charge >= 0.3 is 0 Å². The smallest absolute Gasteiger partial charge is 0.0577 e. The third kappa shape index (κ3) is 8.49. The van der Waals surface area contributed by atoms with Crippen LogP contribution in [0.2, 0.25) is 0 Å². The van der Waals surface area contributed by atoms with Gasteiger partial charge in [0.2, 0.25) is 0 Å². The van der Waals surface area contributed by atoms with Crippen molar-refractivity contribution in [2.45, 2.75) is 84.0 Å². The molecule has 0 atom stereocenters. The van der Waals surface area contributed by atoms with E-state index in [1.54, 1.807) is 0 Å². The van der Waals surface area contributed by atoms with E-state index >= 15 is 0 Å². The molecule has 1 heterocycles. The average Bonchev–Trinajstić information content (AvgIpc) is 2.89. The second-order valence-electron chi connectivity index (χ2n) is 5.52. The molecule has 1 aliphatic heterocycles. The molecule has 0 aromatic carbocycles. The van der Waals surface area contributed by atoms with Gasteiger partial charge in [0.05, 0.1) is 6.54 Å². The van der Waals surface area contributed by atoms with E-state index in [1.165, 1.54) is 82.8 Å². The summed E-state index contributed by atoms with van der Waals surface area (Å²) in [7, 11) is 0. The molecule has 0 amide bonds. The van der Waals surface area contributed by atoms with Crippen LogP contribution >= 0.6 is 0 Å². The molecule has 0 aliphatic carbocycles. The third-order valence-electron chi connectivity index (χ3n) is 3.75. The summed E-state index contributed by atoms with van der Waals surface area (Å²) in [6, 6.07) is 0. The maximum Gasteiger partial charge on any atom is 0.0577 e. The molecule has 0 bridgehead atoms. The molecule has 0 saturated carbocycles. The predicted octanol–water partition coefficient (Wildman–Crippen LogP) is 5.70. The highest BCUT2D eigenvalue weighted by Crippen LogP contribution is 2.12. The average molecular weight is 249 g/mol. The van der Waals surface area contributed by atoms with Gasteiger partial charge in [0, 0.05) is 5.71 Å². The van der Waals surface area contributed by atoms with E-state index in [-0.39, 0.29) is 0 Å². The summed E-state index contributed by atoms with van der Waals surface area (Å²) in [5.41, 5.74) is 1.32. The molecule has 0 aromatic heterocycles. The SMILES string of the molecule is CCCCCCCCCCCCCC1=NCC=C1. The molecular formula is C17H31N. The summed E-state index contributed by atoms with van der Waals surface area (Å²) in [6.45, 7) is 3.21. The minimum absolute atomic E-state index is 0.924. The van der Waals surface area contributed by atoms with Crippen molar-refractivity contribution in [1.29, 1.82) is 0 Å². The zero-order valence-corrected chi connectivity index (χ0v) is 12.3. The molecule has 1 heteroatoms. The Bertz CT molecular complexity index is 240. The molecular weight excluding hydrogens is 218 g/mol. The lowest BCUT2D eigenvalue weighted by molar-refractivity contribution is 0.552. The Labute approximate surface area is 114 Å². The molecule has 0 N–H and O–H groups in total. The molecule has 0 saturated heterocycles. The Hall–Kier alpha value is -0.590. The van der Waals surface area contributed by atoms with E-state index in [4.69, 9.17) is 0 Å². The van der Waals surface area contributed by atoms with Gasteiger partial charge < -0.3 is 0 Å². The zero-order valence-electron chi connectivity index (χ0n) is 12.3. The normalized spacial score (nSPS) is 14.2. The van der Waals surface area contributed by atoms with E-state index in [2.05, 4.69) is 24.1 Å². The number of rotatable bonds is 12. The number of unbranched alkanes of at least 4 members (excludes halogenated alkanes) is 10. The van der Waals surface area contributed by atoms with Gasteiger partial charge in [-0.2, -0.15) is 0 Å². The molecule has 0 radical (unpaired) electrons. The van der Waals surface area contributed by atoms with E-state index in [9.17, 15) is 0 Å². The number of nitrogens with zero attached hydrogens (tertiary/aromatic N) is 1. The van der Waals surface area contributed by atoms with Crippen molar-refractivity contribution in [2.24, 2.45) is 4.99 Å². The standard InChI is InChI=1S/C17H31N/c1-2-3-4-5-6-7-8-9-10-11-12-14-17-15-13-16-18-17/h13,15H,2-12,14,16H2,1H3. The minimum Gasteiger partial charge on any atom is -0.286 e. The first-order chi connectivity index (χ1) is 8.93. The van der Waals surface area contributed by atoms with Crippen molar-refractivity contribution in [1.82, 2.24) is 0 Å². The maximum absolute atomic E-state index is 4.42. The van der Waals surface area contributed by atoms with E-state index in [0.29, 0.717) is 0 Å². The predicted molar refractivity (Wildman–Crippen MR) is 82.5 cm³/mol. The summed E-state index contributed by atoms with van der Waals surface area (Å²) < 4.78 is 0. The summed E-state index contributed by atoms with van der Waals surface area (Å²) >= 11 is 0. The van der Waals surface area contributed by atoms with Gasteiger partial charge in [-0.05, 0) is 18.9 Å². The Morgan fingerprint density at radius 3 is 1.89 bits per heavy atom. The summed E-state index contributed by atoms with van der Waals surface area (Å²) in [6.07, 6.45) is 21.2. The largest absolute Gasteiger partial charge is 0.286 e. The van der Waals surface area contributed by atoms with Crippen molar-refractivity contribution in [3.8, 4) is 0 Å². The first-order valence-electron chi connectivity index (χ1n) is 8.13. The van der Waals surface area contributed by atoms with Crippen molar-refractivity contribution < 1.29 is 0 Å². The van der Waals surface area contributed by atoms with Crippen molar-refractivity contribution in [2.75, 3.05) is 6.54 Å². The first kappa shape index (κ1) is 15.5. The lowest BCUT2D eigenvalue weighted by Crippen LogP contribution is -1.90. The van der Waals surface area contributed by atoms with Crippen LogP contribution in [-0.4, -0.2) is 12.3 Å². The number of aliphatic imine (C=N–C) groups is 1. The van der Waals surface area contributed by atoms with Crippen molar-refractivity contribution >= 4 is 5.71 Å². The molecule has 0 spiro atoms. The first-order valence-corrected chi connectivity index (χ1v) is 8.13. The lowest BCUT2D eigenvalue weighted by Gasteiger charge is -2.02. The number of allylic oxidation sites excluding steroid dienone is 1. The fraction of sp³-hybridized carbons (Fsp3) is 0.824. The van der Waals surface area contributed by atoms with Crippen LogP contribution in [0.15, 0.2) is 17.1 Å². The Balaban J connectivity index is 1.72. The van der Waals surface area contributed by atoms with Crippen LogP contribution in [0.1, 0.15) is 84.0 Å². The highest BCUT2D eigenvalue weighted by Gasteiger charge is 1.99. The van der Waals surface area contributed by atoms with Crippen LogP contribution < -0.4 is 0 Å². The summed E-state index contributed by atoms with van der Waals surface area (Å²) in [5.74, 6) is 0. The maximum atomic E-state index is 4.42. The van der Waals surface area contributed by atoms with Crippen LogP contribution in [0.4, 0.5) is 0 Å². The van der Waals surface area contributed by atoms with E-state index in [0.717, 1.165) is 6.54 Å². The quantitative estimate of drug-likeness (QED) is 0.393. The Morgan fingerprint density at radius 2 is 1.39 bits per heavy atom. The van der Waals surface area contributed by atoms with Crippen LogP contribution in [-0.2, 0) is 0 Å². The van der Waals surface area contributed by atoms with Gasteiger partial charge in [0.1, 0.15) is 0 Å².